The van der Waals surface area contributed by atoms with Crippen LogP contribution in [0.2, 0.25) is 0 Å². The van der Waals surface area contributed by atoms with Crippen molar-refractivity contribution in [1.29, 1.82) is 0 Å². The van der Waals surface area contributed by atoms with E-state index in [-0.39, 0.29) is 17.7 Å². The smallest absolute Gasteiger partial charge is 0.246 e. The van der Waals surface area contributed by atoms with Crippen molar-refractivity contribution in [3.05, 3.63) is 99.8 Å². The van der Waals surface area contributed by atoms with E-state index in [2.05, 4.69) is 10.6 Å². The molecule has 1 spiro atoms. The molecule has 2 aromatic carbocycles. The molecular weight excluding hydrogens is 498 g/mol. The van der Waals surface area contributed by atoms with Crippen LogP contribution < -0.4 is 15.5 Å². The molecule has 0 aliphatic carbocycles. The Balaban J connectivity index is 1.35. The number of aryl methyl sites for hydroxylation is 2. The molecule has 1 aromatic heterocycles. The number of hydrogen-bond donors (Lipinski definition) is 2. The van der Waals surface area contributed by atoms with E-state index in [1.165, 1.54) is 0 Å². The monoisotopic (exact) mass is 527 g/mol. The number of fused-ring (bicyclic) bond motifs is 1. The summed E-state index contributed by atoms with van der Waals surface area (Å²) in [5, 5.41) is 7.98. The van der Waals surface area contributed by atoms with Crippen LogP contribution in [0.3, 0.4) is 0 Å². The molecule has 3 amide bonds. The molecule has 4 heterocycles. The molecular formula is C30H29N3O4S. The largest absolute Gasteiger partial charge is 0.359 e. The average Bonchev–Trinajstić information content (AvgIpc) is 3.69. The van der Waals surface area contributed by atoms with E-state index >= 15 is 0 Å². The number of thiophene rings is 1. The van der Waals surface area contributed by atoms with Gasteiger partial charge in [-0.1, -0.05) is 66.2 Å². The first-order valence-electron chi connectivity index (χ1n) is 12.8. The maximum Gasteiger partial charge on any atom is 0.246 e. The molecule has 0 saturated carbocycles. The third kappa shape index (κ3) is 3.95. The van der Waals surface area contributed by atoms with Gasteiger partial charge in [0.05, 0.1) is 24.5 Å². The second-order valence-corrected chi connectivity index (χ2v) is 11.2. The lowest BCUT2D eigenvalue weighted by molar-refractivity contribution is -0.132. The highest BCUT2D eigenvalue weighted by molar-refractivity contribution is 7.09. The molecule has 5 atom stereocenters. The standard InChI is InChI=1S/C30H29N3O4S/c1-18-10-11-22(19(2)15-18)33-26(28(35)31-16-20-7-4-3-5-8-20)30-13-12-23(37-30)24(25(30)29(33)36)27(34)32-17-21-9-6-14-38-21/h3-15,23-26H,16-17H2,1-2H3,(H,31,35)(H,32,34)/t23-,24+,25+,26+,30+/m1/s1. The Hall–Kier alpha value is -3.75. The van der Waals surface area contributed by atoms with Gasteiger partial charge in [0.25, 0.3) is 0 Å². The summed E-state index contributed by atoms with van der Waals surface area (Å²) in [5.41, 5.74) is 2.33. The predicted octanol–water partition coefficient (Wildman–Crippen LogP) is 3.65. The first kappa shape index (κ1) is 24.6. The Kier molecular flexibility index (Phi) is 6.16. The molecule has 6 rings (SSSR count). The number of carbonyl (C=O) groups excluding carboxylic acids is 3. The Morgan fingerprint density at radius 1 is 1.00 bits per heavy atom. The third-order valence-corrected chi connectivity index (χ3v) is 8.64. The van der Waals surface area contributed by atoms with E-state index in [0.29, 0.717) is 18.8 Å². The fourth-order valence-corrected chi connectivity index (χ4v) is 6.74. The van der Waals surface area contributed by atoms with Gasteiger partial charge < -0.3 is 15.4 Å². The second kappa shape index (κ2) is 9.53. The highest BCUT2D eigenvalue weighted by Crippen LogP contribution is 2.56. The molecule has 3 aliphatic rings. The van der Waals surface area contributed by atoms with Crippen LogP contribution in [-0.2, 0) is 32.2 Å². The summed E-state index contributed by atoms with van der Waals surface area (Å²) >= 11 is 1.56. The fraction of sp³-hybridized carbons (Fsp3) is 0.300. The minimum Gasteiger partial charge on any atom is -0.359 e. The molecule has 2 bridgehead atoms. The Morgan fingerprint density at radius 2 is 1.79 bits per heavy atom. The predicted molar refractivity (Wildman–Crippen MR) is 145 cm³/mol. The molecule has 0 radical (unpaired) electrons. The first-order chi connectivity index (χ1) is 18.4. The van der Waals surface area contributed by atoms with Crippen LogP contribution in [0, 0.1) is 25.7 Å². The lowest BCUT2D eigenvalue weighted by Crippen LogP contribution is -2.54. The first-order valence-corrected chi connectivity index (χ1v) is 13.7. The molecule has 8 heteroatoms. The number of nitrogens with zero attached hydrogens (tertiary/aromatic N) is 1. The van der Waals surface area contributed by atoms with Gasteiger partial charge in [0.15, 0.2) is 0 Å². The van der Waals surface area contributed by atoms with E-state index < -0.39 is 29.6 Å². The van der Waals surface area contributed by atoms with Crippen molar-refractivity contribution in [2.75, 3.05) is 4.90 Å². The number of hydrogen-bond acceptors (Lipinski definition) is 5. The third-order valence-electron chi connectivity index (χ3n) is 7.76. The van der Waals surface area contributed by atoms with Crippen molar-refractivity contribution in [3.8, 4) is 0 Å². The van der Waals surface area contributed by atoms with E-state index in [9.17, 15) is 14.4 Å². The zero-order valence-electron chi connectivity index (χ0n) is 21.2. The van der Waals surface area contributed by atoms with Crippen molar-refractivity contribution < 1.29 is 19.1 Å². The van der Waals surface area contributed by atoms with Gasteiger partial charge in [0, 0.05) is 17.1 Å². The summed E-state index contributed by atoms with van der Waals surface area (Å²) in [6, 6.07) is 18.4. The van der Waals surface area contributed by atoms with Crippen molar-refractivity contribution in [1.82, 2.24) is 10.6 Å². The summed E-state index contributed by atoms with van der Waals surface area (Å²) in [6.45, 7) is 4.63. The summed E-state index contributed by atoms with van der Waals surface area (Å²) in [5.74, 6) is -2.32. The van der Waals surface area contributed by atoms with Crippen molar-refractivity contribution >= 4 is 34.7 Å². The number of ether oxygens (including phenoxy) is 1. The molecule has 38 heavy (non-hydrogen) atoms. The van der Waals surface area contributed by atoms with Crippen LogP contribution in [0.25, 0.3) is 0 Å². The molecule has 2 N–H and O–H groups in total. The molecule has 3 aromatic rings. The highest BCUT2D eigenvalue weighted by atomic mass is 32.1. The molecule has 194 valence electrons. The molecule has 7 nitrogen and oxygen atoms in total. The Labute approximate surface area is 225 Å². The maximum absolute atomic E-state index is 14.2. The number of anilines is 1. The van der Waals surface area contributed by atoms with Gasteiger partial charge in [-0.25, -0.2) is 0 Å². The zero-order valence-corrected chi connectivity index (χ0v) is 22.0. The van der Waals surface area contributed by atoms with Crippen LogP contribution in [0.5, 0.6) is 0 Å². The van der Waals surface area contributed by atoms with Crippen LogP contribution in [0.15, 0.2) is 78.2 Å². The van der Waals surface area contributed by atoms with Crippen LogP contribution in [0.4, 0.5) is 5.69 Å². The molecule has 0 unspecified atom stereocenters. The van der Waals surface area contributed by atoms with Crippen molar-refractivity contribution in [2.45, 2.75) is 44.7 Å². The topological polar surface area (TPSA) is 87.7 Å². The number of benzene rings is 2. The normalized spacial score (nSPS) is 27.0. The summed E-state index contributed by atoms with van der Waals surface area (Å²) in [7, 11) is 0. The summed E-state index contributed by atoms with van der Waals surface area (Å²) < 4.78 is 6.43. The SMILES string of the molecule is Cc1ccc(N2C(=O)[C@@H]3[C@@H](C(=O)NCc4cccs4)[C@H]4C=C[C@@]3(O4)[C@@H]2C(=O)NCc2ccccc2)c(C)c1. The highest BCUT2D eigenvalue weighted by Gasteiger charge is 2.73. The molecule has 2 fully saturated rings. The number of rotatable bonds is 7. The van der Waals surface area contributed by atoms with Gasteiger partial charge in [0.2, 0.25) is 17.7 Å². The Morgan fingerprint density at radius 3 is 2.53 bits per heavy atom. The number of carbonyl (C=O) groups is 3. The van der Waals surface area contributed by atoms with Crippen LogP contribution >= 0.6 is 11.3 Å². The van der Waals surface area contributed by atoms with Gasteiger partial charge >= 0.3 is 0 Å². The Bertz CT molecular complexity index is 1420. The fourth-order valence-electron chi connectivity index (χ4n) is 6.09. The van der Waals surface area contributed by atoms with Gasteiger partial charge in [-0.2, -0.15) is 0 Å². The van der Waals surface area contributed by atoms with Gasteiger partial charge in [-0.3, -0.25) is 19.3 Å². The summed E-state index contributed by atoms with van der Waals surface area (Å²) in [6.07, 6.45) is 3.11. The average molecular weight is 528 g/mol. The minimum absolute atomic E-state index is 0.237. The zero-order chi connectivity index (χ0) is 26.4. The molecule has 2 saturated heterocycles. The lowest BCUT2D eigenvalue weighted by Gasteiger charge is -2.32. The summed E-state index contributed by atoms with van der Waals surface area (Å²) in [4.78, 5) is 44.1. The minimum atomic E-state index is -1.22. The van der Waals surface area contributed by atoms with Crippen LogP contribution in [0.1, 0.15) is 21.6 Å². The van der Waals surface area contributed by atoms with Gasteiger partial charge in [0.1, 0.15) is 11.6 Å². The quantitative estimate of drug-likeness (QED) is 0.459. The molecule has 3 aliphatic heterocycles. The number of amides is 3. The van der Waals surface area contributed by atoms with E-state index in [1.54, 1.807) is 16.2 Å². The lowest BCUT2D eigenvalue weighted by atomic mass is 9.74. The van der Waals surface area contributed by atoms with E-state index in [4.69, 9.17) is 4.74 Å². The van der Waals surface area contributed by atoms with Gasteiger partial charge in [-0.05, 0) is 42.5 Å². The van der Waals surface area contributed by atoms with E-state index in [0.717, 1.165) is 21.6 Å². The van der Waals surface area contributed by atoms with E-state index in [1.807, 2.05) is 92.0 Å². The van der Waals surface area contributed by atoms with Gasteiger partial charge in [-0.15, -0.1) is 11.3 Å². The van der Waals surface area contributed by atoms with Crippen molar-refractivity contribution in [3.63, 3.8) is 0 Å². The number of nitrogens with one attached hydrogen (secondary N) is 2. The second-order valence-electron chi connectivity index (χ2n) is 10.2. The van der Waals surface area contributed by atoms with Crippen molar-refractivity contribution in [2.24, 2.45) is 11.8 Å². The maximum atomic E-state index is 14.2. The van der Waals surface area contributed by atoms with Crippen LogP contribution in [-0.4, -0.2) is 35.5 Å².